The molecule has 4 rings (SSSR count). The number of benzene rings is 3. The van der Waals surface area contributed by atoms with Gasteiger partial charge in [0, 0.05) is 18.5 Å². The first-order valence-electron chi connectivity index (χ1n) is 11.0. The summed E-state index contributed by atoms with van der Waals surface area (Å²) in [5.74, 6) is -1.79. The Morgan fingerprint density at radius 3 is 2.42 bits per heavy atom. The standard InChI is InChI=1S/C25H21F2N5O4/c1-2-30(24(34)32-25(35)31(28-29-32)23-19(26)9-6-10-20(23)27)21-15-18(16-33)11-12-22(21)36-14-13-17-7-4-3-5-8-17/h3-12,15-16H,2,13-14H2,1H3. The zero-order valence-electron chi connectivity index (χ0n) is 19.2. The second-order valence-corrected chi connectivity index (χ2v) is 7.61. The minimum Gasteiger partial charge on any atom is -0.491 e. The first kappa shape index (κ1) is 24.5. The van der Waals surface area contributed by atoms with Crippen LogP contribution in [0.25, 0.3) is 5.69 Å². The van der Waals surface area contributed by atoms with Crippen molar-refractivity contribution < 1.29 is 23.1 Å². The Balaban J connectivity index is 1.66. The molecule has 0 aliphatic carbocycles. The minimum absolute atomic E-state index is 0.0591. The number of rotatable bonds is 8. The molecule has 0 aliphatic heterocycles. The number of ether oxygens (including phenoxy) is 1. The van der Waals surface area contributed by atoms with E-state index in [2.05, 4.69) is 10.4 Å². The fraction of sp³-hybridized carbons (Fsp3) is 0.160. The summed E-state index contributed by atoms with van der Waals surface area (Å²) in [7, 11) is 0. The third kappa shape index (κ3) is 4.90. The number of tetrazole rings is 1. The molecule has 0 saturated carbocycles. The normalized spacial score (nSPS) is 10.8. The molecule has 0 unspecified atom stereocenters. The van der Waals surface area contributed by atoms with E-state index in [0.29, 0.717) is 27.8 Å². The Morgan fingerprint density at radius 2 is 1.75 bits per heavy atom. The van der Waals surface area contributed by atoms with Crippen molar-refractivity contribution in [3.05, 3.63) is 100.0 Å². The van der Waals surface area contributed by atoms with Crippen molar-refractivity contribution in [2.75, 3.05) is 18.1 Å². The summed E-state index contributed by atoms with van der Waals surface area (Å²) in [6.45, 7) is 1.99. The van der Waals surface area contributed by atoms with Crippen molar-refractivity contribution in [3.8, 4) is 11.4 Å². The maximum absolute atomic E-state index is 14.2. The molecule has 0 radical (unpaired) electrons. The van der Waals surface area contributed by atoms with Crippen LogP contribution in [0.4, 0.5) is 19.3 Å². The fourth-order valence-corrected chi connectivity index (χ4v) is 3.59. The zero-order chi connectivity index (χ0) is 25.7. The van der Waals surface area contributed by atoms with E-state index >= 15 is 0 Å². The summed E-state index contributed by atoms with van der Waals surface area (Å²) in [5.41, 5.74) is -0.372. The molecule has 36 heavy (non-hydrogen) atoms. The number of halogens is 2. The monoisotopic (exact) mass is 493 g/mol. The molecule has 0 bridgehead atoms. The molecular formula is C25H21F2N5O4. The highest BCUT2D eigenvalue weighted by Crippen LogP contribution is 2.30. The SMILES string of the molecule is CCN(C(=O)n1nnn(-c2c(F)cccc2F)c1=O)c1cc(C=O)ccc1OCCc1ccccc1. The van der Waals surface area contributed by atoms with Gasteiger partial charge in [-0.1, -0.05) is 36.4 Å². The molecule has 0 atom stereocenters. The molecule has 3 aromatic carbocycles. The van der Waals surface area contributed by atoms with Gasteiger partial charge in [-0.15, -0.1) is 4.68 Å². The topological polar surface area (TPSA) is 99.3 Å². The zero-order valence-corrected chi connectivity index (χ0v) is 19.2. The smallest absolute Gasteiger partial charge is 0.377 e. The van der Waals surface area contributed by atoms with Gasteiger partial charge in [0.1, 0.15) is 17.7 Å². The summed E-state index contributed by atoms with van der Waals surface area (Å²) >= 11 is 0. The Kier molecular flexibility index (Phi) is 7.28. The van der Waals surface area contributed by atoms with Gasteiger partial charge < -0.3 is 4.74 Å². The largest absolute Gasteiger partial charge is 0.491 e. The predicted molar refractivity (Wildman–Crippen MR) is 127 cm³/mol. The van der Waals surface area contributed by atoms with Gasteiger partial charge in [-0.2, -0.15) is 4.68 Å². The third-order valence-electron chi connectivity index (χ3n) is 5.36. The van der Waals surface area contributed by atoms with E-state index in [1.807, 2.05) is 30.3 Å². The summed E-state index contributed by atoms with van der Waals surface area (Å²) < 4.78 is 35.0. The molecule has 0 N–H and O–H groups in total. The highest BCUT2D eigenvalue weighted by molar-refractivity contribution is 5.95. The van der Waals surface area contributed by atoms with E-state index in [-0.39, 0.29) is 24.4 Å². The second kappa shape index (κ2) is 10.7. The average molecular weight is 493 g/mol. The lowest BCUT2D eigenvalue weighted by Gasteiger charge is -2.23. The Bertz CT molecular complexity index is 1430. The Hall–Kier alpha value is -4.67. The molecule has 0 saturated heterocycles. The molecule has 11 heteroatoms. The number of amides is 1. The van der Waals surface area contributed by atoms with Crippen LogP contribution in [0, 0.1) is 11.6 Å². The lowest BCUT2D eigenvalue weighted by molar-refractivity contribution is 0.112. The maximum Gasteiger partial charge on any atom is 0.377 e. The van der Waals surface area contributed by atoms with Crippen molar-refractivity contribution in [3.63, 3.8) is 0 Å². The predicted octanol–water partition coefficient (Wildman–Crippen LogP) is 3.64. The lowest BCUT2D eigenvalue weighted by atomic mass is 10.1. The molecule has 4 aromatic rings. The summed E-state index contributed by atoms with van der Waals surface area (Å²) in [5, 5.41) is 7.01. The minimum atomic E-state index is -1.17. The number of aromatic nitrogens is 4. The summed E-state index contributed by atoms with van der Waals surface area (Å²) in [4.78, 5) is 38.7. The summed E-state index contributed by atoms with van der Waals surface area (Å²) in [6, 6.07) is 16.3. The third-order valence-corrected chi connectivity index (χ3v) is 5.36. The van der Waals surface area contributed by atoms with Crippen LogP contribution in [0.3, 0.4) is 0 Å². The van der Waals surface area contributed by atoms with Gasteiger partial charge in [0.15, 0.2) is 11.6 Å². The number of para-hydroxylation sites is 1. The van der Waals surface area contributed by atoms with Crippen LogP contribution in [0.1, 0.15) is 22.8 Å². The van der Waals surface area contributed by atoms with Crippen LogP contribution in [-0.4, -0.2) is 45.3 Å². The van der Waals surface area contributed by atoms with Crippen LogP contribution in [0.2, 0.25) is 0 Å². The Morgan fingerprint density at radius 1 is 1.03 bits per heavy atom. The summed E-state index contributed by atoms with van der Waals surface area (Å²) in [6.07, 6.45) is 1.21. The highest BCUT2D eigenvalue weighted by atomic mass is 19.1. The quantitative estimate of drug-likeness (QED) is 0.275. The molecule has 1 aromatic heterocycles. The van der Waals surface area contributed by atoms with Gasteiger partial charge in [-0.25, -0.2) is 18.4 Å². The number of hydrogen-bond acceptors (Lipinski definition) is 6. The van der Waals surface area contributed by atoms with Gasteiger partial charge in [-0.05, 0) is 53.2 Å². The van der Waals surface area contributed by atoms with E-state index in [0.717, 1.165) is 28.7 Å². The van der Waals surface area contributed by atoms with Crippen molar-refractivity contribution in [2.24, 2.45) is 0 Å². The van der Waals surface area contributed by atoms with Crippen LogP contribution in [0.15, 0.2) is 71.5 Å². The number of carbonyl (C=O) groups is 2. The lowest BCUT2D eigenvalue weighted by Crippen LogP contribution is -2.41. The first-order valence-corrected chi connectivity index (χ1v) is 11.0. The van der Waals surface area contributed by atoms with E-state index in [4.69, 9.17) is 4.74 Å². The van der Waals surface area contributed by atoms with Crippen molar-refractivity contribution in [2.45, 2.75) is 13.3 Å². The number of hydrogen-bond donors (Lipinski definition) is 0. The van der Waals surface area contributed by atoms with Crippen molar-refractivity contribution in [1.82, 2.24) is 19.8 Å². The molecule has 0 aliphatic rings. The van der Waals surface area contributed by atoms with Crippen LogP contribution in [-0.2, 0) is 6.42 Å². The van der Waals surface area contributed by atoms with E-state index in [9.17, 15) is 23.2 Å². The van der Waals surface area contributed by atoms with Crippen LogP contribution in [0.5, 0.6) is 5.75 Å². The molecular weight excluding hydrogens is 472 g/mol. The van der Waals surface area contributed by atoms with Crippen LogP contribution < -0.4 is 15.3 Å². The molecule has 9 nitrogen and oxygen atoms in total. The average Bonchev–Trinajstić information content (AvgIpc) is 3.26. The van der Waals surface area contributed by atoms with Crippen LogP contribution >= 0.6 is 0 Å². The van der Waals surface area contributed by atoms with Gasteiger partial charge in [0.25, 0.3) is 0 Å². The van der Waals surface area contributed by atoms with E-state index < -0.39 is 29.0 Å². The highest BCUT2D eigenvalue weighted by Gasteiger charge is 2.26. The van der Waals surface area contributed by atoms with Gasteiger partial charge in [-0.3, -0.25) is 9.69 Å². The van der Waals surface area contributed by atoms with Gasteiger partial charge >= 0.3 is 11.7 Å². The molecule has 0 fully saturated rings. The number of aldehydes is 1. The number of nitrogens with zero attached hydrogens (tertiary/aromatic N) is 5. The molecule has 184 valence electrons. The van der Waals surface area contributed by atoms with E-state index in [1.165, 1.54) is 12.1 Å². The number of carbonyl (C=O) groups excluding carboxylic acids is 2. The van der Waals surface area contributed by atoms with Gasteiger partial charge in [0.2, 0.25) is 0 Å². The number of anilines is 1. The van der Waals surface area contributed by atoms with Crippen molar-refractivity contribution >= 4 is 18.0 Å². The Labute approximate surface area is 204 Å². The second-order valence-electron chi connectivity index (χ2n) is 7.61. The molecule has 1 heterocycles. The molecule has 0 spiro atoms. The van der Waals surface area contributed by atoms with Gasteiger partial charge in [0.05, 0.1) is 12.3 Å². The first-order chi connectivity index (χ1) is 17.4. The maximum atomic E-state index is 14.2. The fourth-order valence-electron chi connectivity index (χ4n) is 3.59. The van der Waals surface area contributed by atoms with Crippen molar-refractivity contribution in [1.29, 1.82) is 0 Å². The van der Waals surface area contributed by atoms with E-state index in [1.54, 1.807) is 13.0 Å². The molecule has 1 amide bonds.